The molecule has 1 unspecified atom stereocenters. The third-order valence-electron chi connectivity index (χ3n) is 3.44. The van der Waals surface area contributed by atoms with E-state index in [4.69, 9.17) is 4.74 Å². The number of pyridine rings is 1. The van der Waals surface area contributed by atoms with Crippen LogP contribution in [0.25, 0.3) is 0 Å². The predicted molar refractivity (Wildman–Crippen MR) is 84.4 cm³/mol. The number of halogens is 1. The van der Waals surface area contributed by atoms with Gasteiger partial charge in [0, 0.05) is 6.20 Å². The van der Waals surface area contributed by atoms with E-state index in [9.17, 15) is 14.0 Å². The minimum absolute atomic E-state index is 0.136. The lowest BCUT2D eigenvalue weighted by atomic mass is 10.1. The van der Waals surface area contributed by atoms with Crippen LogP contribution >= 0.6 is 0 Å². The molecule has 2 rings (SSSR count). The fourth-order valence-electron chi connectivity index (χ4n) is 2.07. The van der Waals surface area contributed by atoms with Gasteiger partial charge in [-0.25, -0.2) is 9.18 Å². The molecule has 0 saturated carbocycles. The molecule has 1 amide bonds. The molecule has 0 aliphatic carbocycles. The number of rotatable bonds is 5. The summed E-state index contributed by atoms with van der Waals surface area (Å²) in [5.41, 5.74) is 0.982. The number of esters is 1. The maximum atomic E-state index is 13.7. The molecule has 0 radical (unpaired) electrons. The second-order valence-electron chi connectivity index (χ2n) is 5.01. The second kappa shape index (κ2) is 7.54. The van der Waals surface area contributed by atoms with E-state index in [1.807, 2.05) is 0 Å². The maximum absolute atomic E-state index is 13.7. The van der Waals surface area contributed by atoms with Crippen molar-refractivity contribution in [1.29, 1.82) is 0 Å². The van der Waals surface area contributed by atoms with Crippen molar-refractivity contribution in [3.8, 4) is 5.75 Å². The van der Waals surface area contributed by atoms with Crippen molar-refractivity contribution in [2.75, 3.05) is 14.2 Å². The smallest absolute Gasteiger partial charge is 0.339 e. The first-order valence-electron chi connectivity index (χ1n) is 7.15. The number of aromatic nitrogens is 1. The zero-order chi connectivity index (χ0) is 17.7. The van der Waals surface area contributed by atoms with Gasteiger partial charge in [0.05, 0.1) is 25.8 Å². The molecular weight excluding hydrogens is 315 g/mol. The monoisotopic (exact) mass is 332 g/mol. The first-order chi connectivity index (χ1) is 11.5. The van der Waals surface area contributed by atoms with Crippen LogP contribution in [0.2, 0.25) is 0 Å². The Balaban J connectivity index is 2.08. The minimum Gasteiger partial charge on any atom is -0.494 e. The van der Waals surface area contributed by atoms with E-state index in [2.05, 4.69) is 15.0 Å². The summed E-state index contributed by atoms with van der Waals surface area (Å²) in [4.78, 5) is 27.4. The fourth-order valence-corrected chi connectivity index (χ4v) is 2.07. The van der Waals surface area contributed by atoms with Gasteiger partial charge in [-0.1, -0.05) is 6.07 Å². The lowest BCUT2D eigenvalue weighted by Crippen LogP contribution is -2.27. The SMILES string of the molecule is COC(=O)c1ccc(C(=O)NC(C)c2ccc(OC)c(F)c2)nc1. The summed E-state index contributed by atoms with van der Waals surface area (Å²) in [6.07, 6.45) is 1.26. The Morgan fingerprint density at radius 1 is 1.21 bits per heavy atom. The number of hydrogen-bond donors (Lipinski definition) is 1. The van der Waals surface area contributed by atoms with Crippen LogP contribution < -0.4 is 10.1 Å². The van der Waals surface area contributed by atoms with Gasteiger partial charge in [0.2, 0.25) is 0 Å². The van der Waals surface area contributed by atoms with Crippen molar-refractivity contribution in [2.45, 2.75) is 13.0 Å². The molecule has 0 aliphatic heterocycles. The summed E-state index contributed by atoms with van der Waals surface area (Å²) < 4.78 is 23.2. The minimum atomic E-state index is -0.531. The Morgan fingerprint density at radius 3 is 2.50 bits per heavy atom. The van der Waals surface area contributed by atoms with Crippen LogP contribution in [0.3, 0.4) is 0 Å². The van der Waals surface area contributed by atoms with Crippen LogP contribution in [0.4, 0.5) is 4.39 Å². The van der Waals surface area contributed by atoms with Gasteiger partial charge in [-0.3, -0.25) is 9.78 Å². The van der Waals surface area contributed by atoms with Crippen molar-refractivity contribution in [2.24, 2.45) is 0 Å². The third kappa shape index (κ3) is 3.87. The highest BCUT2D eigenvalue weighted by atomic mass is 19.1. The van der Waals surface area contributed by atoms with E-state index in [0.717, 1.165) is 0 Å². The summed E-state index contributed by atoms with van der Waals surface area (Å²) in [7, 11) is 2.64. The molecule has 7 heteroatoms. The molecule has 0 aliphatic rings. The van der Waals surface area contributed by atoms with Crippen molar-refractivity contribution in [1.82, 2.24) is 10.3 Å². The fraction of sp³-hybridized carbons (Fsp3) is 0.235. The number of nitrogens with zero attached hydrogens (tertiary/aromatic N) is 1. The molecule has 6 nitrogen and oxygen atoms in total. The predicted octanol–water partition coefficient (Wildman–Crippen LogP) is 2.51. The highest BCUT2D eigenvalue weighted by Crippen LogP contribution is 2.21. The van der Waals surface area contributed by atoms with Gasteiger partial charge in [0.25, 0.3) is 5.91 Å². The summed E-state index contributed by atoms with van der Waals surface area (Å²) in [5, 5.41) is 2.71. The quantitative estimate of drug-likeness (QED) is 0.851. The molecule has 1 N–H and O–H groups in total. The largest absolute Gasteiger partial charge is 0.494 e. The number of ether oxygens (including phenoxy) is 2. The Kier molecular flexibility index (Phi) is 5.47. The molecule has 126 valence electrons. The maximum Gasteiger partial charge on any atom is 0.339 e. The lowest BCUT2D eigenvalue weighted by molar-refractivity contribution is 0.0599. The van der Waals surface area contributed by atoms with Gasteiger partial charge in [-0.2, -0.15) is 0 Å². The molecule has 1 atom stereocenters. The summed E-state index contributed by atoms with van der Waals surface area (Å²) in [5.74, 6) is -1.33. The van der Waals surface area contributed by atoms with Gasteiger partial charge in [0.15, 0.2) is 11.6 Å². The van der Waals surface area contributed by atoms with Gasteiger partial charge in [-0.05, 0) is 36.8 Å². The van der Waals surface area contributed by atoms with Crippen molar-refractivity contribution in [3.63, 3.8) is 0 Å². The van der Waals surface area contributed by atoms with Crippen molar-refractivity contribution < 1.29 is 23.5 Å². The number of carbonyl (C=O) groups excluding carboxylic acids is 2. The number of amides is 1. The third-order valence-corrected chi connectivity index (χ3v) is 3.44. The Hall–Kier alpha value is -2.96. The van der Waals surface area contributed by atoms with Crippen LogP contribution in [0.15, 0.2) is 36.5 Å². The normalized spacial score (nSPS) is 11.5. The van der Waals surface area contributed by atoms with Crippen molar-refractivity contribution in [3.05, 3.63) is 59.2 Å². The molecule has 0 fully saturated rings. The van der Waals surface area contributed by atoms with Crippen molar-refractivity contribution >= 4 is 11.9 Å². The average molecular weight is 332 g/mol. The molecular formula is C17H17FN2O4. The summed E-state index contributed by atoms with van der Waals surface area (Å²) in [6.45, 7) is 1.72. The molecule has 2 aromatic rings. The van der Waals surface area contributed by atoms with E-state index < -0.39 is 23.7 Å². The highest BCUT2D eigenvalue weighted by molar-refractivity contribution is 5.94. The first-order valence-corrected chi connectivity index (χ1v) is 7.15. The van der Waals surface area contributed by atoms with E-state index in [-0.39, 0.29) is 17.0 Å². The number of nitrogens with one attached hydrogen (secondary N) is 1. The number of carbonyl (C=O) groups is 2. The number of methoxy groups -OCH3 is 2. The van der Waals surface area contributed by atoms with E-state index in [1.165, 1.54) is 44.7 Å². The molecule has 1 aromatic carbocycles. The molecule has 24 heavy (non-hydrogen) atoms. The molecule has 0 saturated heterocycles. The molecule has 1 heterocycles. The Labute approximate surface area is 138 Å². The average Bonchev–Trinajstić information content (AvgIpc) is 2.60. The second-order valence-corrected chi connectivity index (χ2v) is 5.01. The van der Waals surface area contributed by atoms with Gasteiger partial charge >= 0.3 is 5.97 Å². The van der Waals surface area contributed by atoms with Crippen LogP contribution in [0.5, 0.6) is 5.75 Å². The zero-order valence-corrected chi connectivity index (χ0v) is 13.5. The van der Waals surface area contributed by atoms with Crippen LogP contribution in [-0.4, -0.2) is 31.1 Å². The topological polar surface area (TPSA) is 77.5 Å². The molecule has 0 spiro atoms. The van der Waals surface area contributed by atoms with Gasteiger partial charge in [0.1, 0.15) is 5.69 Å². The van der Waals surface area contributed by atoms with Crippen LogP contribution in [-0.2, 0) is 4.74 Å². The molecule has 1 aromatic heterocycles. The Bertz CT molecular complexity index is 747. The highest BCUT2D eigenvalue weighted by Gasteiger charge is 2.15. The van der Waals surface area contributed by atoms with E-state index in [0.29, 0.717) is 5.56 Å². The summed E-state index contributed by atoms with van der Waals surface area (Å²) in [6, 6.07) is 6.91. The Morgan fingerprint density at radius 2 is 1.96 bits per heavy atom. The van der Waals surface area contributed by atoms with Gasteiger partial charge < -0.3 is 14.8 Å². The molecule has 0 bridgehead atoms. The van der Waals surface area contributed by atoms with E-state index in [1.54, 1.807) is 13.0 Å². The number of hydrogen-bond acceptors (Lipinski definition) is 5. The number of benzene rings is 1. The van der Waals surface area contributed by atoms with Crippen LogP contribution in [0, 0.1) is 5.82 Å². The zero-order valence-electron chi connectivity index (χ0n) is 13.5. The first kappa shape index (κ1) is 17.4. The van der Waals surface area contributed by atoms with Gasteiger partial charge in [-0.15, -0.1) is 0 Å². The summed E-state index contributed by atoms with van der Waals surface area (Å²) >= 11 is 0. The lowest BCUT2D eigenvalue weighted by Gasteiger charge is -2.15. The van der Waals surface area contributed by atoms with Crippen LogP contribution in [0.1, 0.15) is 39.4 Å². The standard InChI is InChI=1S/C17H17FN2O4/c1-10(11-5-7-15(23-2)13(18)8-11)20-16(21)14-6-4-12(9-19-14)17(22)24-3/h4-10H,1-3H3,(H,20,21). The van der Waals surface area contributed by atoms with E-state index >= 15 is 0 Å².